The third-order valence-electron chi connectivity index (χ3n) is 2.45. The van der Waals surface area contributed by atoms with Crippen molar-refractivity contribution in [3.8, 4) is 0 Å². The highest BCUT2D eigenvalue weighted by Crippen LogP contribution is 2.22. The van der Waals surface area contributed by atoms with Crippen LogP contribution in [0.5, 0.6) is 0 Å². The van der Waals surface area contributed by atoms with Crippen molar-refractivity contribution in [2.75, 3.05) is 12.3 Å². The van der Waals surface area contributed by atoms with Gasteiger partial charge in [-0.3, -0.25) is 4.79 Å². The summed E-state index contributed by atoms with van der Waals surface area (Å²) in [6, 6.07) is 0. The van der Waals surface area contributed by atoms with E-state index < -0.39 is 0 Å². The van der Waals surface area contributed by atoms with Gasteiger partial charge in [-0.05, 0) is 20.3 Å². The number of hydrogen-bond acceptors (Lipinski definition) is 7. The quantitative estimate of drug-likeness (QED) is 0.651. The number of amides is 1. The molecular formula is C12H16N4O2S2. The summed E-state index contributed by atoms with van der Waals surface area (Å²) in [6.07, 6.45) is 0.862. The number of rotatable bonds is 6. The first-order chi connectivity index (χ1) is 9.56. The van der Waals surface area contributed by atoms with Crippen LogP contribution < -0.4 is 5.32 Å². The Balaban J connectivity index is 1.68. The molecule has 0 bridgehead atoms. The van der Waals surface area contributed by atoms with Crippen molar-refractivity contribution in [1.29, 1.82) is 0 Å². The van der Waals surface area contributed by atoms with Gasteiger partial charge in [-0.15, -0.1) is 10.2 Å². The highest BCUT2D eigenvalue weighted by molar-refractivity contribution is 8.01. The van der Waals surface area contributed by atoms with Gasteiger partial charge in [0.25, 0.3) is 5.91 Å². The number of nitrogens with one attached hydrogen (secondary N) is 1. The van der Waals surface area contributed by atoms with E-state index in [2.05, 4.69) is 20.5 Å². The summed E-state index contributed by atoms with van der Waals surface area (Å²) in [6.45, 7) is 6.02. The van der Waals surface area contributed by atoms with Crippen LogP contribution in [-0.4, -0.2) is 33.4 Å². The Morgan fingerprint density at radius 2 is 2.15 bits per heavy atom. The molecule has 0 aliphatic carbocycles. The molecule has 0 aliphatic rings. The van der Waals surface area contributed by atoms with E-state index in [1.165, 1.54) is 0 Å². The van der Waals surface area contributed by atoms with E-state index in [0.717, 1.165) is 21.5 Å². The second-order valence-electron chi connectivity index (χ2n) is 4.19. The van der Waals surface area contributed by atoms with Crippen LogP contribution >= 0.6 is 23.1 Å². The smallest absolute Gasteiger partial charge is 0.289 e. The number of aryl methyl sites for hydroxylation is 3. The topological polar surface area (TPSA) is 80.9 Å². The molecule has 0 radical (unpaired) electrons. The van der Waals surface area contributed by atoms with Crippen LogP contribution in [0.25, 0.3) is 0 Å². The second kappa shape index (κ2) is 6.85. The summed E-state index contributed by atoms with van der Waals surface area (Å²) < 4.78 is 6.23. The first-order valence-electron chi connectivity index (χ1n) is 6.21. The largest absolute Gasteiger partial charge is 0.436 e. The molecular weight excluding hydrogens is 296 g/mol. The molecule has 20 heavy (non-hydrogen) atoms. The molecule has 1 amide bonds. The van der Waals surface area contributed by atoms with Gasteiger partial charge < -0.3 is 9.73 Å². The van der Waals surface area contributed by atoms with Gasteiger partial charge in [0, 0.05) is 19.2 Å². The fraction of sp³-hybridized carbons (Fsp3) is 0.500. The lowest BCUT2D eigenvalue weighted by Crippen LogP contribution is -2.25. The SMILES string of the molecule is Cc1nc(C)c(C(=O)NCCCSc2nnc(C)s2)o1. The highest BCUT2D eigenvalue weighted by atomic mass is 32.2. The van der Waals surface area contributed by atoms with E-state index in [9.17, 15) is 4.79 Å². The van der Waals surface area contributed by atoms with E-state index in [1.807, 2.05) is 6.92 Å². The lowest BCUT2D eigenvalue weighted by molar-refractivity contribution is 0.0924. The Bertz CT molecular complexity index is 594. The Hall–Kier alpha value is -1.41. The molecule has 0 atom stereocenters. The molecule has 0 fully saturated rings. The van der Waals surface area contributed by atoms with Crippen molar-refractivity contribution in [3.63, 3.8) is 0 Å². The number of thioether (sulfide) groups is 1. The first kappa shape index (κ1) is 15.0. The van der Waals surface area contributed by atoms with Gasteiger partial charge >= 0.3 is 0 Å². The van der Waals surface area contributed by atoms with E-state index in [1.54, 1.807) is 36.9 Å². The van der Waals surface area contributed by atoms with Crippen LogP contribution in [0.3, 0.4) is 0 Å². The maximum Gasteiger partial charge on any atom is 0.289 e. The van der Waals surface area contributed by atoms with Crippen LogP contribution in [-0.2, 0) is 0 Å². The van der Waals surface area contributed by atoms with Gasteiger partial charge in [0.15, 0.2) is 10.2 Å². The summed E-state index contributed by atoms with van der Waals surface area (Å²) in [5.74, 6) is 1.49. The highest BCUT2D eigenvalue weighted by Gasteiger charge is 2.14. The number of aromatic nitrogens is 3. The summed E-state index contributed by atoms with van der Waals surface area (Å²) in [4.78, 5) is 15.9. The van der Waals surface area contributed by atoms with E-state index >= 15 is 0 Å². The molecule has 0 aliphatic heterocycles. The molecule has 0 spiro atoms. The molecule has 0 saturated carbocycles. The van der Waals surface area contributed by atoms with Crippen LogP contribution in [0.1, 0.15) is 33.6 Å². The van der Waals surface area contributed by atoms with Gasteiger partial charge in [-0.1, -0.05) is 23.1 Å². The third kappa shape index (κ3) is 4.04. The molecule has 2 heterocycles. The van der Waals surface area contributed by atoms with E-state index in [-0.39, 0.29) is 5.91 Å². The molecule has 108 valence electrons. The Kier molecular flexibility index (Phi) is 5.13. The van der Waals surface area contributed by atoms with Crippen molar-refractivity contribution in [2.45, 2.75) is 31.5 Å². The van der Waals surface area contributed by atoms with Gasteiger partial charge in [-0.25, -0.2) is 4.98 Å². The molecule has 2 rings (SSSR count). The lowest BCUT2D eigenvalue weighted by atomic mass is 10.3. The van der Waals surface area contributed by atoms with Gasteiger partial charge in [-0.2, -0.15) is 0 Å². The van der Waals surface area contributed by atoms with E-state index in [0.29, 0.717) is 23.9 Å². The van der Waals surface area contributed by atoms with Crippen molar-refractivity contribution < 1.29 is 9.21 Å². The number of carbonyl (C=O) groups excluding carboxylic acids is 1. The van der Waals surface area contributed by atoms with Crippen molar-refractivity contribution in [1.82, 2.24) is 20.5 Å². The molecule has 1 N–H and O–H groups in total. The Morgan fingerprint density at radius 3 is 2.75 bits per heavy atom. The third-order valence-corrected chi connectivity index (χ3v) is 4.51. The van der Waals surface area contributed by atoms with Crippen LogP contribution in [0.2, 0.25) is 0 Å². The number of oxazole rings is 1. The zero-order valence-electron chi connectivity index (χ0n) is 11.6. The monoisotopic (exact) mass is 312 g/mol. The lowest BCUT2D eigenvalue weighted by Gasteiger charge is -2.02. The van der Waals surface area contributed by atoms with Gasteiger partial charge in [0.2, 0.25) is 5.76 Å². The van der Waals surface area contributed by atoms with Gasteiger partial charge in [0.05, 0.1) is 5.69 Å². The standard InChI is InChI=1S/C12H16N4O2S2/c1-7-10(18-8(2)14-7)11(17)13-5-4-6-19-12-16-15-9(3)20-12/h4-6H2,1-3H3,(H,13,17). The molecule has 2 aromatic rings. The number of nitrogens with zero attached hydrogens (tertiary/aromatic N) is 3. The van der Waals surface area contributed by atoms with E-state index in [4.69, 9.17) is 4.42 Å². The summed E-state index contributed by atoms with van der Waals surface area (Å²) >= 11 is 3.24. The zero-order valence-corrected chi connectivity index (χ0v) is 13.2. The fourth-order valence-electron chi connectivity index (χ4n) is 1.59. The van der Waals surface area contributed by atoms with Crippen LogP contribution in [0.15, 0.2) is 8.76 Å². The number of hydrogen-bond donors (Lipinski definition) is 1. The summed E-state index contributed by atoms with van der Waals surface area (Å²) in [5, 5.41) is 11.8. The second-order valence-corrected chi connectivity index (χ2v) is 6.72. The normalized spacial score (nSPS) is 10.8. The molecule has 0 saturated heterocycles. The fourth-order valence-corrected chi connectivity index (χ4v) is 3.42. The number of carbonyl (C=O) groups is 1. The maximum absolute atomic E-state index is 11.8. The molecule has 8 heteroatoms. The average Bonchev–Trinajstić information content (AvgIpc) is 2.94. The molecule has 2 aromatic heterocycles. The predicted molar refractivity (Wildman–Crippen MR) is 78.3 cm³/mol. The maximum atomic E-state index is 11.8. The summed E-state index contributed by atoms with van der Waals surface area (Å²) in [7, 11) is 0. The minimum atomic E-state index is -0.208. The van der Waals surface area contributed by atoms with Crippen molar-refractivity contribution in [2.24, 2.45) is 0 Å². The Labute approximate surface area is 125 Å². The molecule has 6 nitrogen and oxygen atoms in total. The average molecular weight is 312 g/mol. The first-order valence-corrected chi connectivity index (χ1v) is 8.01. The van der Waals surface area contributed by atoms with Crippen molar-refractivity contribution in [3.05, 3.63) is 22.4 Å². The molecule has 0 unspecified atom stereocenters. The van der Waals surface area contributed by atoms with Gasteiger partial charge in [0.1, 0.15) is 5.01 Å². The van der Waals surface area contributed by atoms with Crippen molar-refractivity contribution >= 4 is 29.0 Å². The van der Waals surface area contributed by atoms with Crippen LogP contribution in [0.4, 0.5) is 0 Å². The Morgan fingerprint density at radius 1 is 1.35 bits per heavy atom. The minimum Gasteiger partial charge on any atom is -0.436 e. The molecule has 0 aromatic carbocycles. The summed E-state index contributed by atoms with van der Waals surface area (Å²) in [5.41, 5.74) is 0.624. The van der Waals surface area contributed by atoms with Crippen LogP contribution in [0, 0.1) is 20.8 Å². The predicted octanol–water partition coefficient (Wildman–Crippen LogP) is 2.36. The zero-order chi connectivity index (χ0) is 14.5. The minimum absolute atomic E-state index is 0.208.